The number of amides is 1. The fraction of sp³-hybridized carbons (Fsp3) is 0.167. The van der Waals surface area contributed by atoms with Gasteiger partial charge in [-0.25, -0.2) is 4.68 Å². The van der Waals surface area contributed by atoms with Crippen molar-refractivity contribution in [2.45, 2.75) is 6.92 Å². The summed E-state index contributed by atoms with van der Waals surface area (Å²) in [4.78, 5) is 18.2. The second kappa shape index (κ2) is 6.42. The van der Waals surface area contributed by atoms with Crippen molar-refractivity contribution >= 4 is 5.91 Å². The lowest BCUT2D eigenvalue weighted by Gasteiger charge is -2.10. The van der Waals surface area contributed by atoms with Gasteiger partial charge < -0.3 is 9.32 Å². The van der Waals surface area contributed by atoms with Crippen LogP contribution in [0.25, 0.3) is 17.3 Å². The maximum atomic E-state index is 12.4. The number of carbonyl (C=O) groups is 1. The van der Waals surface area contributed by atoms with E-state index in [9.17, 15) is 4.79 Å². The lowest BCUT2D eigenvalue weighted by atomic mass is 10.2. The summed E-state index contributed by atoms with van der Waals surface area (Å²) in [7, 11) is 1.61. The van der Waals surface area contributed by atoms with E-state index in [1.165, 1.54) is 4.90 Å². The predicted molar refractivity (Wildman–Crippen MR) is 89.6 cm³/mol. The van der Waals surface area contributed by atoms with Gasteiger partial charge in [0.1, 0.15) is 0 Å². The van der Waals surface area contributed by atoms with Crippen molar-refractivity contribution < 1.29 is 9.21 Å². The molecule has 0 spiro atoms. The summed E-state index contributed by atoms with van der Waals surface area (Å²) >= 11 is 0. The second-order valence-corrected chi connectivity index (χ2v) is 5.35. The van der Waals surface area contributed by atoms with Gasteiger partial charge in [0.2, 0.25) is 5.82 Å². The molecule has 24 heavy (non-hydrogen) atoms. The van der Waals surface area contributed by atoms with Crippen molar-refractivity contribution in [3.8, 4) is 29.6 Å². The Kier molecular flexibility index (Phi) is 4.17. The molecule has 2 heterocycles. The van der Waals surface area contributed by atoms with Gasteiger partial charge in [-0.2, -0.15) is 4.98 Å². The van der Waals surface area contributed by atoms with E-state index < -0.39 is 0 Å². The maximum absolute atomic E-state index is 12.4. The fourth-order valence-electron chi connectivity index (χ4n) is 2.21. The van der Waals surface area contributed by atoms with Crippen LogP contribution in [-0.4, -0.2) is 39.2 Å². The minimum atomic E-state index is -0.341. The van der Waals surface area contributed by atoms with Crippen LogP contribution >= 0.6 is 0 Å². The molecule has 0 saturated carbocycles. The third-order valence-corrected chi connectivity index (χ3v) is 3.49. The van der Waals surface area contributed by atoms with Crippen LogP contribution in [0.15, 0.2) is 47.1 Å². The molecule has 0 aliphatic heterocycles. The van der Waals surface area contributed by atoms with E-state index in [1.807, 2.05) is 31.2 Å². The van der Waals surface area contributed by atoms with Crippen molar-refractivity contribution in [2.75, 3.05) is 13.6 Å². The second-order valence-electron chi connectivity index (χ2n) is 5.35. The van der Waals surface area contributed by atoms with Crippen LogP contribution in [-0.2, 0) is 0 Å². The standard InChI is InChI=1S/C18H16N4O2/c1-4-11-21(3)18(23)16-19-17(15-6-5-12-24-15)22(20-16)14-9-7-13(2)8-10-14/h1,5-10,12H,11H2,2-3H3. The number of terminal acetylenes is 1. The zero-order valence-corrected chi connectivity index (χ0v) is 13.4. The predicted octanol–water partition coefficient (Wildman–Crippen LogP) is 2.54. The molecule has 6 nitrogen and oxygen atoms in total. The third kappa shape index (κ3) is 2.92. The first-order valence-corrected chi connectivity index (χ1v) is 7.37. The fourth-order valence-corrected chi connectivity index (χ4v) is 2.21. The van der Waals surface area contributed by atoms with E-state index in [-0.39, 0.29) is 18.3 Å². The highest BCUT2D eigenvalue weighted by atomic mass is 16.3. The summed E-state index contributed by atoms with van der Waals surface area (Å²) < 4.78 is 7.02. The van der Waals surface area contributed by atoms with Crippen molar-refractivity contribution in [2.24, 2.45) is 0 Å². The number of benzene rings is 1. The highest BCUT2D eigenvalue weighted by Gasteiger charge is 2.22. The van der Waals surface area contributed by atoms with Crippen LogP contribution in [0.2, 0.25) is 0 Å². The van der Waals surface area contributed by atoms with Crippen molar-refractivity contribution in [3.05, 3.63) is 54.0 Å². The van der Waals surface area contributed by atoms with E-state index in [4.69, 9.17) is 10.8 Å². The third-order valence-electron chi connectivity index (χ3n) is 3.49. The lowest BCUT2D eigenvalue weighted by Crippen LogP contribution is -2.28. The van der Waals surface area contributed by atoms with Gasteiger partial charge in [-0.3, -0.25) is 4.79 Å². The summed E-state index contributed by atoms with van der Waals surface area (Å²) in [6, 6.07) is 11.3. The molecule has 6 heteroatoms. The summed E-state index contributed by atoms with van der Waals surface area (Å²) in [5.74, 6) is 3.15. The number of rotatable bonds is 4. The number of aromatic nitrogens is 3. The molecule has 120 valence electrons. The molecule has 0 fully saturated rings. The molecule has 0 aliphatic rings. The Labute approximate surface area is 139 Å². The van der Waals surface area contributed by atoms with Crippen LogP contribution < -0.4 is 0 Å². The smallest absolute Gasteiger partial charge is 0.294 e. The van der Waals surface area contributed by atoms with Gasteiger partial charge in [0.05, 0.1) is 18.5 Å². The number of nitrogens with zero attached hydrogens (tertiary/aromatic N) is 4. The van der Waals surface area contributed by atoms with Crippen LogP contribution in [0.5, 0.6) is 0 Å². The Balaban J connectivity index is 2.08. The number of carbonyl (C=O) groups excluding carboxylic acids is 1. The largest absolute Gasteiger partial charge is 0.461 e. The van der Waals surface area contributed by atoms with Crippen LogP contribution in [0.4, 0.5) is 0 Å². The average molecular weight is 320 g/mol. The first-order valence-electron chi connectivity index (χ1n) is 7.37. The van der Waals surface area contributed by atoms with E-state index >= 15 is 0 Å². The highest BCUT2D eigenvalue weighted by molar-refractivity contribution is 5.91. The van der Waals surface area contributed by atoms with Crippen LogP contribution in [0.1, 0.15) is 16.2 Å². The lowest BCUT2D eigenvalue weighted by molar-refractivity contribution is 0.0801. The molecule has 0 atom stereocenters. The molecule has 0 radical (unpaired) electrons. The van der Waals surface area contributed by atoms with Crippen molar-refractivity contribution in [1.29, 1.82) is 0 Å². The Hall–Kier alpha value is -3.33. The molecule has 3 aromatic rings. The molecule has 0 bridgehead atoms. The van der Waals surface area contributed by atoms with Gasteiger partial charge in [0, 0.05) is 7.05 Å². The van der Waals surface area contributed by atoms with E-state index in [0.717, 1.165) is 11.3 Å². The summed E-state index contributed by atoms with van der Waals surface area (Å²) in [5, 5.41) is 4.36. The topological polar surface area (TPSA) is 64.2 Å². The summed E-state index contributed by atoms with van der Waals surface area (Å²) in [6.07, 6.45) is 6.81. The molecule has 3 rings (SSSR count). The molecule has 0 N–H and O–H groups in total. The number of aryl methyl sites for hydroxylation is 1. The summed E-state index contributed by atoms with van der Waals surface area (Å²) in [6.45, 7) is 2.19. The van der Waals surface area contributed by atoms with Crippen molar-refractivity contribution in [3.63, 3.8) is 0 Å². The molecular formula is C18H16N4O2. The Morgan fingerprint density at radius 1 is 1.33 bits per heavy atom. The highest BCUT2D eigenvalue weighted by Crippen LogP contribution is 2.22. The van der Waals surface area contributed by atoms with Gasteiger partial charge in [0.25, 0.3) is 5.91 Å². The molecule has 0 saturated heterocycles. The number of furan rings is 1. The SMILES string of the molecule is C#CCN(C)C(=O)c1nc(-c2ccco2)n(-c2ccc(C)cc2)n1. The van der Waals surface area contributed by atoms with Crippen LogP contribution in [0, 0.1) is 19.3 Å². The average Bonchev–Trinajstić information content (AvgIpc) is 3.24. The Morgan fingerprint density at radius 3 is 2.71 bits per heavy atom. The van der Waals surface area contributed by atoms with Gasteiger partial charge >= 0.3 is 0 Å². The Morgan fingerprint density at radius 2 is 2.08 bits per heavy atom. The normalized spacial score (nSPS) is 10.4. The molecule has 0 unspecified atom stereocenters. The van der Waals surface area contributed by atoms with Crippen molar-refractivity contribution in [1.82, 2.24) is 19.7 Å². The quantitative estimate of drug-likeness (QED) is 0.693. The molecular weight excluding hydrogens is 304 g/mol. The minimum absolute atomic E-state index is 0.0692. The van der Waals surface area contributed by atoms with Gasteiger partial charge in [0.15, 0.2) is 11.6 Å². The zero-order chi connectivity index (χ0) is 17.1. The van der Waals surface area contributed by atoms with Gasteiger partial charge in [-0.05, 0) is 31.2 Å². The first kappa shape index (κ1) is 15.6. The van der Waals surface area contributed by atoms with E-state index in [0.29, 0.717) is 11.6 Å². The van der Waals surface area contributed by atoms with Crippen LogP contribution in [0.3, 0.4) is 0 Å². The monoisotopic (exact) mass is 320 g/mol. The van der Waals surface area contributed by atoms with Gasteiger partial charge in [-0.1, -0.05) is 23.6 Å². The summed E-state index contributed by atoms with van der Waals surface area (Å²) in [5.41, 5.74) is 1.92. The molecule has 1 aromatic carbocycles. The van der Waals surface area contributed by atoms with E-state index in [2.05, 4.69) is 16.0 Å². The maximum Gasteiger partial charge on any atom is 0.294 e. The molecule has 2 aromatic heterocycles. The molecule has 0 aliphatic carbocycles. The van der Waals surface area contributed by atoms with E-state index in [1.54, 1.807) is 30.1 Å². The Bertz CT molecular complexity index is 886. The number of hydrogen-bond acceptors (Lipinski definition) is 4. The van der Waals surface area contributed by atoms with Gasteiger partial charge in [-0.15, -0.1) is 11.5 Å². The first-order chi connectivity index (χ1) is 11.6. The molecule has 1 amide bonds. The number of hydrogen-bond donors (Lipinski definition) is 0. The zero-order valence-electron chi connectivity index (χ0n) is 13.4. The minimum Gasteiger partial charge on any atom is -0.461 e.